The lowest BCUT2D eigenvalue weighted by Crippen LogP contribution is -2.48. The Kier molecular flexibility index (Phi) is 7.69. The van der Waals surface area contributed by atoms with Crippen LogP contribution in [0.2, 0.25) is 0 Å². The minimum absolute atomic E-state index is 0.0776. The first-order chi connectivity index (χ1) is 16.7. The van der Waals surface area contributed by atoms with Crippen molar-refractivity contribution in [2.75, 3.05) is 26.2 Å². The maximum Gasteiger partial charge on any atom is 0.251 e. The standard InChI is InChI=1S/C28H33N3O3S/c1-21-9-14-27(22(2)19-21)23(3)29-28(32)25-12-10-24(11-13-25)20-30-15-17-31(18-16-30)35(33,34)26-7-5-4-6-8-26/h4-14,19,23H,15-18,20H2,1-3H3,(H,29,32)/t23-/m1/s1. The van der Waals surface area contributed by atoms with E-state index in [1.54, 1.807) is 28.6 Å². The zero-order valence-electron chi connectivity index (χ0n) is 20.6. The molecule has 1 aliphatic rings. The highest BCUT2D eigenvalue weighted by molar-refractivity contribution is 7.89. The lowest BCUT2D eigenvalue weighted by atomic mass is 10.00. The molecule has 184 valence electrons. The molecule has 0 aromatic heterocycles. The largest absolute Gasteiger partial charge is 0.346 e. The predicted octanol–water partition coefficient (Wildman–Crippen LogP) is 4.30. The minimum atomic E-state index is -3.45. The molecular weight excluding hydrogens is 458 g/mol. The molecule has 1 N–H and O–H groups in total. The Morgan fingerprint density at radius 3 is 2.20 bits per heavy atom. The van der Waals surface area contributed by atoms with Gasteiger partial charge in [-0.2, -0.15) is 4.31 Å². The van der Waals surface area contributed by atoms with Crippen molar-refractivity contribution in [2.45, 2.75) is 38.3 Å². The van der Waals surface area contributed by atoms with Crippen LogP contribution >= 0.6 is 0 Å². The number of benzene rings is 3. The Labute approximate surface area is 208 Å². The molecule has 1 saturated heterocycles. The van der Waals surface area contributed by atoms with Crippen LogP contribution in [-0.2, 0) is 16.6 Å². The molecule has 0 radical (unpaired) electrons. The van der Waals surface area contributed by atoms with Crippen molar-refractivity contribution in [3.05, 3.63) is 101 Å². The number of nitrogens with zero attached hydrogens (tertiary/aromatic N) is 2. The van der Waals surface area contributed by atoms with Crippen LogP contribution in [0.15, 0.2) is 77.7 Å². The first-order valence-corrected chi connectivity index (χ1v) is 13.4. The van der Waals surface area contributed by atoms with E-state index in [-0.39, 0.29) is 11.9 Å². The number of carbonyl (C=O) groups excluding carboxylic acids is 1. The van der Waals surface area contributed by atoms with Gasteiger partial charge in [0.1, 0.15) is 0 Å². The summed E-state index contributed by atoms with van der Waals surface area (Å²) in [6.45, 7) is 9.12. The zero-order chi connectivity index (χ0) is 25.0. The van der Waals surface area contributed by atoms with Gasteiger partial charge in [-0.25, -0.2) is 8.42 Å². The molecule has 1 fully saturated rings. The average molecular weight is 492 g/mol. The summed E-state index contributed by atoms with van der Waals surface area (Å²) in [5.74, 6) is -0.0937. The summed E-state index contributed by atoms with van der Waals surface area (Å²) >= 11 is 0. The van der Waals surface area contributed by atoms with Gasteiger partial charge in [-0.05, 0) is 61.7 Å². The Morgan fingerprint density at radius 2 is 1.57 bits per heavy atom. The number of hydrogen-bond donors (Lipinski definition) is 1. The summed E-state index contributed by atoms with van der Waals surface area (Å²) < 4.78 is 27.2. The van der Waals surface area contributed by atoms with Crippen molar-refractivity contribution in [1.82, 2.24) is 14.5 Å². The number of amides is 1. The second kappa shape index (κ2) is 10.7. The Balaban J connectivity index is 1.31. The summed E-state index contributed by atoms with van der Waals surface area (Å²) in [6, 6.07) is 22.4. The Bertz CT molecular complexity index is 1270. The third-order valence-electron chi connectivity index (χ3n) is 6.57. The number of sulfonamides is 1. The fraction of sp³-hybridized carbons (Fsp3) is 0.321. The maximum atomic E-state index is 12.8. The van der Waals surface area contributed by atoms with Crippen LogP contribution in [0.25, 0.3) is 0 Å². The number of carbonyl (C=O) groups is 1. The third-order valence-corrected chi connectivity index (χ3v) is 8.49. The van der Waals surface area contributed by atoms with Crippen molar-refractivity contribution < 1.29 is 13.2 Å². The van der Waals surface area contributed by atoms with E-state index < -0.39 is 10.0 Å². The van der Waals surface area contributed by atoms with E-state index in [4.69, 9.17) is 0 Å². The summed E-state index contributed by atoms with van der Waals surface area (Å²) in [5.41, 5.74) is 5.23. The van der Waals surface area contributed by atoms with Crippen molar-refractivity contribution in [1.29, 1.82) is 0 Å². The van der Waals surface area contributed by atoms with E-state index in [1.165, 1.54) is 11.1 Å². The molecule has 0 unspecified atom stereocenters. The monoisotopic (exact) mass is 491 g/mol. The van der Waals surface area contributed by atoms with Gasteiger partial charge < -0.3 is 5.32 Å². The fourth-order valence-electron chi connectivity index (χ4n) is 4.56. The van der Waals surface area contributed by atoms with Crippen LogP contribution in [0.4, 0.5) is 0 Å². The topological polar surface area (TPSA) is 69.7 Å². The molecule has 1 amide bonds. The van der Waals surface area contributed by atoms with Crippen LogP contribution in [0, 0.1) is 13.8 Å². The molecule has 0 spiro atoms. The molecule has 4 rings (SSSR count). The van der Waals surface area contributed by atoms with E-state index in [1.807, 2.05) is 37.3 Å². The first kappa shape index (κ1) is 25.1. The lowest BCUT2D eigenvalue weighted by Gasteiger charge is -2.34. The van der Waals surface area contributed by atoms with E-state index in [0.29, 0.717) is 36.6 Å². The summed E-state index contributed by atoms with van der Waals surface area (Å²) in [7, 11) is -3.45. The van der Waals surface area contributed by atoms with Crippen LogP contribution in [0.5, 0.6) is 0 Å². The minimum Gasteiger partial charge on any atom is -0.346 e. The summed E-state index contributed by atoms with van der Waals surface area (Å²) in [5, 5.41) is 3.09. The SMILES string of the molecule is Cc1ccc([C@@H](C)NC(=O)c2ccc(CN3CCN(S(=O)(=O)c4ccccc4)CC3)cc2)c(C)c1. The van der Waals surface area contributed by atoms with Gasteiger partial charge in [-0.1, -0.05) is 54.1 Å². The van der Waals surface area contributed by atoms with Crippen molar-refractivity contribution in [3.63, 3.8) is 0 Å². The Morgan fingerprint density at radius 1 is 0.914 bits per heavy atom. The highest BCUT2D eigenvalue weighted by Crippen LogP contribution is 2.20. The molecule has 3 aromatic rings. The Hall–Kier alpha value is -3.00. The third kappa shape index (κ3) is 5.99. The van der Waals surface area contributed by atoms with E-state index in [0.717, 1.165) is 17.7 Å². The van der Waals surface area contributed by atoms with Gasteiger partial charge in [0.05, 0.1) is 10.9 Å². The van der Waals surface area contributed by atoms with Crippen LogP contribution in [0.3, 0.4) is 0 Å². The summed E-state index contributed by atoms with van der Waals surface area (Å²) in [4.78, 5) is 15.4. The van der Waals surface area contributed by atoms with E-state index in [2.05, 4.69) is 42.3 Å². The fourth-order valence-corrected chi connectivity index (χ4v) is 6.00. The molecule has 6 nitrogen and oxygen atoms in total. The predicted molar refractivity (Wildman–Crippen MR) is 139 cm³/mol. The van der Waals surface area contributed by atoms with Crippen LogP contribution in [0.1, 0.15) is 45.6 Å². The first-order valence-electron chi connectivity index (χ1n) is 12.0. The second-order valence-corrected chi connectivity index (χ2v) is 11.2. The number of rotatable bonds is 7. The van der Waals surface area contributed by atoms with Gasteiger partial charge in [0.25, 0.3) is 5.91 Å². The second-order valence-electron chi connectivity index (χ2n) is 9.25. The quantitative estimate of drug-likeness (QED) is 0.535. The molecule has 0 aliphatic carbocycles. The number of piperazine rings is 1. The zero-order valence-corrected chi connectivity index (χ0v) is 21.4. The van der Waals surface area contributed by atoms with Crippen molar-refractivity contribution in [3.8, 4) is 0 Å². The smallest absolute Gasteiger partial charge is 0.251 e. The molecular formula is C28H33N3O3S. The van der Waals surface area contributed by atoms with Gasteiger partial charge in [0.15, 0.2) is 0 Å². The molecule has 0 bridgehead atoms. The average Bonchev–Trinajstić information content (AvgIpc) is 2.85. The highest BCUT2D eigenvalue weighted by Gasteiger charge is 2.28. The van der Waals surface area contributed by atoms with Gasteiger partial charge in [0, 0.05) is 38.3 Å². The molecule has 1 atom stereocenters. The lowest BCUT2D eigenvalue weighted by molar-refractivity contribution is 0.0940. The number of nitrogens with one attached hydrogen (secondary N) is 1. The normalized spacial score (nSPS) is 16.1. The molecule has 3 aromatic carbocycles. The van der Waals surface area contributed by atoms with Gasteiger partial charge in [0.2, 0.25) is 10.0 Å². The number of hydrogen-bond acceptors (Lipinski definition) is 4. The molecule has 35 heavy (non-hydrogen) atoms. The van der Waals surface area contributed by atoms with E-state index >= 15 is 0 Å². The highest BCUT2D eigenvalue weighted by atomic mass is 32.2. The molecule has 1 heterocycles. The van der Waals surface area contributed by atoms with Gasteiger partial charge in [-0.15, -0.1) is 0 Å². The number of aryl methyl sites for hydroxylation is 2. The van der Waals surface area contributed by atoms with Crippen molar-refractivity contribution >= 4 is 15.9 Å². The van der Waals surface area contributed by atoms with Crippen molar-refractivity contribution in [2.24, 2.45) is 0 Å². The molecule has 7 heteroatoms. The van der Waals surface area contributed by atoms with Crippen LogP contribution < -0.4 is 5.32 Å². The maximum absolute atomic E-state index is 12.8. The molecule has 1 aliphatic heterocycles. The molecule has 0 saturated carbocycles. The van der Waals surface area contributed by atoms with Crippen LogP contribution in [-0.4, -0.2) is 49.7 Å². The van der Waals surface area contributed by atoms with Gasteiger partial charge >= 0.3 is 0 Å². The van der Waals surface area contributed by atoms with Gasteiger partial charge in [-0.3, -0.25) is 9.69 Å². The van der Waals surface area contributed by atoms with E-state index in [9.17, 15) is 13.2 Å². The summed E-state index contributed by atoms with van der Waals surface area (Å²) in [6.07, 6.45) is 0.